The van der Waals surface area contributed by atoms with Crippen molar-refractivity contribution in [1.29, 1.82) is 0 Å². The summed E-state index contributed by atoms with van der Waals surface area (Å²) in [7, 11) is 0. The normalized spacial score (nSPS) is 11.0. The van der Waals surface area contributed by atoms with Crippen LogP contribution >= 0.6 is 0 Å². The van der Waals surface area contributed by atoms with E-state index < -0.39 is 5.97 Å². The second-order valence-electron chi connectivity index (χ2n) is 5.21. The predicted octanol–water partition coefficient (Wildman–Crippen LogP) is 3.80. The maximum Gasteiger partial charge on any atom is 0.373 e. The van der Waals surface area contributed by atoms with E-state index in [0.717, 1.165) is 17.5 Å². The van der Waals surface area contributed by atoms with E-state index in [9.17, 15) is 9.90 Å². The van der Waals surface area contributed by atoms with Gasteiger partial charge in [0.25, 0.3) is 0 Å². The third-order valence-corrected chi connectivity index (χ3v) is 3.12. The minimum atomic E-state index is -1.06. The fourth-order valence-electron chi connectivity index (χ4n) is 2.20. The Morgan fingerprint density at radius 3 is 2.65 bits per heavy atom. The molecule has 106 valence electrons. The summed E-state index contributed by atoms with van der Waals surface area (Å²) in [6, 6.07) is 7.78. The number of carbonyl (C=O) groups is 1. The number of oxazole rings is 1. The Labute approximate surface area is 118 Å². The zero-order valence-electron chi connectivity index (χ0n) is 12.0. The second kappa shape index (κ2) is 5.90. The van der Waals surface area contributed by atoms with Gasteiger partial charge in [0, 0.05) is 5.56 Å². The monoisotopic (exact) mass is 273 g/mol. The lowest BCUT2D eigenvalue weighted by Crippen LogP contribution is -2.03. The number of carboxylic acids is 1. The van der Waals surface area contributed by atoms with E-state index in [1.54, 1.807) is 0 Å². The SMILES string of the molecule is CCc1ccccc1-c1nc(CC(C)C)c(C(=O)O)o1. The van der Waals surface area contributed by atoms with Crippen molar-refractivity contribution in [2.45, 2.75) is 33.6 Å². The molecular weight excluding hydrogens is 254 g/mol. The molecule has 0 aliphatic carbocycles. The average molecular weight is 273 g/mol. The molecule has 4 heteroatoms. The van der Waals surface area contributed by atoms with E-state index >= 15 is 0 Å². The topological polar surface area (TPSA) is 63.3 Å². The summed E-state index contributed by atoms with van der Waals surface area (Å²) >= 11 is 0. The highest BCUT2D eigenvalue weighted by molar-refractivity contribution is 5.86. The van der Waals surface area contributed by atoms with E-state index in [1.807, 2.05) is 38.1 Å². The molecule has 4 nitrogen and oxygen atoms in total. The molecule has 1 heterocycles. The quantitative estimate of drug-likeness (QED) is 0.900. The molecule has 0 amide bonds. The minimum Gasteiger partial charge on any atom is -0.475 e. The van der Waals surface area contributed by atoms with Gasteiger partial charge < -0.3 is 9.52 Å². The lowest BCUT2D eigenvalue weighted by atomic mass is 10.1. The first kappa shape index (κ1) is 14.3. The molecule has 0 aliphatic rings. The van der Waals surface area contributed by atoms with Gasteiger partial charge in [-0.2, -0.15) is 0 Å². The van der Waals surface area contributed by atoms with Crippen molar-refractivity contribution < 1.29 is 14.3 Å². The Morgan fingerprint density at radius 1 is 1.35 bits per heavy atom. The molecule has 20 heavy (non-hydrogen) atoms. The van der Waals surface area contributed by atoms with Crippen LogP contribution in [0.5, 0.6) is 0 Å². The maximum atomic E-state index is 11.3. The van der Waals surface area contributed by atoms with E-state index in [1.165, 1.54) is 0 Å². The highest BCUT2D eigenvalue weighted by atomic mass is 16.4. The Balaban J connectivity index is 2.50. The van der Waals surface area contributed by atoms with Crippen LogP contribution < -0.4 is 0 Å². The number of hydrogen-bond acceptors (Lipinski definition) is 3. The summed E-state index contributed by atoms with van der Waals surface area (Å²) in [5.41, 5.74) is 2.49. The number of rotatable bonds is 5. The van der Waals surface area contributed by atoms with E-state index in [-0.39, 0.29) is 5.76 Å². The Kier molecular flexibility index (Phi) is 4.23. The highest BCUT2D eigenvalue weighted by Gasteiger charge is 2.21. The average Bonchev–Trinajstić information content (AvgIpc) is 2.81. The Morgan fingerprint density at radius 2 is 2.05 bits per heavy atom. The molecule has 1 aromatic carbocycles. The molecule has 0 bridgehead atoms. The van der Waals surface area contributed by atoms with Gasteiger partial charge in [-0.3, -0.25) is 0 Å². The van der Waals surface area contributed by atoms with Gasteiger partial charge in [0.15, 0.2) is 0 Å². The summed E-state index contributed by atoms with van der Waals surface area (Å²) in [5, 5.41) is 9.23. The number of aryl methyl sites for hydroxylation is 1. The van der Waals surface area contributed by atoms with Crippen LogP contribution in [0.4, 0.5) is 0 Å². The molecule has 1 N–H and O–H groups in total. The van der Waals surface area contributed by atoms with Gasteiger partial charge in [0.2, 0.25) is 11.7 Å². The maximum absolute atomic E-state index is 11.3. The molecule has 0 unspecified atom stereocenters. The summed E-state index contributed by atoms with van der Waals surface area (Å²) in [6.45, 7) is 6.11. The third-order valence-electron chi connectivity index (χ3n) is 3.12. The largest absolute Gasteiger partial charge is 0.475 e. The van der Waals surface area contributed by atoms with Gasteiger partial charge >= 0.3 is 5.97 Å². The van der Waals surface area contributed by atoms with E-state index in [4.69, 9.17) is 4.42 Å². The van der Waals surface area contributed by atoms with Crippen LogP contribution in [0.1, 0.15) is 42.6 Å². The van der Waals surface area contributed by atoms with Gasteiger partial charge in [-0.15, -0.1) is 0 Å². The van der Waals surface area contributed by atoms with Crippen molar-refractivity contribution >= 4 is 5.97 Å². The fraction of sp³-hybridized carbons (Fsp3) is 0.375. The number of carboxylic acid groups (broad SMARTS) is 1. The van der Waals surface area contributed by atoms with Crippen LogP contribution in [0.15, 0.2) is 28.7 Å². The van der Waals surface area contributed by atoms with Crippen molar-refractivity contribution in [2.75, 3.05) is 0 Å². The summed E-state index contributed by atoms with van der Waals surface area (Å²) < 4.78 is 5.50. The molecule has 0 saturated heterocycles. The van der Waals surface area contributed by atoms with Gasteiger partial charge in [-0.25, -0.2) is 9.78 Å². The first-order chi connectivity index (χ1) is 9.52. The first-order valence-electron chi connectivity index (χ1n) is 6.84. The summed E-state index contributed by atoms with van der Waals surface area (Å²) in [4.78, 5) is 15.7. The molecule has 2 rings (SSSR count). The van der Waals surface area contributed by atoms with Crippen LogP contribution in [0.2, 0.25) is 0 Å². The van der Waals surface area contributed by atoms with Gasteiger partial charge in [0.1, 0.15) is 0 Å². The van der Waals surface area contributed by atoms with Crippen molar-refractivity contribution in [3.8, 4) is 11.5 Å². The highest BCUT2D eigenvalue weighted by Crippen LogP contribution is 2.27. The summed E-state index contributed by atoms with van der Waals surface area (Å²) in [5.74, 6) is -0.379. The third kappa shape index (κ3) is 2.90. The van der Waals surface area contributed by atoms with Gasteiger partial charge in [-0.05, 0) is 30.4 Å². The van der Waals surface area contributed by atoms with Crippen LogP contribution in [-0.4, -0.2) is 16.1 Å². The minimum absolute atomic E-state index is 0.0420. The van der Waals surface area contributed by atoms with Crippen LogP contribution in [0.3, 0.4) is 0 Å². The van der Waals surface area contributed by atoms with Crippen molar-refractivity contribution in [2.24, 2.45) is 5.92 Å². The Hall–Kier alpha value is -2.10. The molecule has 0 spiro atoms. The lowest BCUT2D eigenvalue weighted by Gasteiger charge is -2.02. The summed E-state index contributed by atoms with van der Waals surface area (Å²) in [6.07, 6.45) is 1.44. The second-order valence-corrected chi connectivity index (χ2v) is 5.21. The number of aromatic nitrogens is 1. The smallest absolute Gasteiger partial charge is 0.373 e. The van der Waals surface area contributed by atoms with Gasteiger partial charge in [-0.1, -0.05) is 39.0 Å². The van der Waals surface area contributed by atoms with E-state index in [0.29, 0.717) is 23.9 Å². The molecule has 0 fully saturated rings. The molecule has 2 aromatic rings. The van der Waals surface area contributed by atoms with Crippen molar-refractivity contribution in [3.05, 3.63) is 41.3 Å². The van der Waals surface area contributed by atoms with Gasteiger partial charge in [0.05, 0.1) is 5.69 Å². The molecular formula is C16H19NO3. The van der Waals surface area contributed by atoms with Crippen LogP contribution in [-0.2, 0) is 12.8 Å². The number of aromatic carboxylic acids is 1. The van der Waals surface area contributed by atoms with Crippen LogP contribution in [0.25, 0.3) is 11.5 Å². The molecule has 0 aliphatic heterocycles. The molecule has 0 atom stereocenters. The number of nitrogens with zero attached hydrogens (tertiary/aromatic N) is 1. The number of benzene rings is 1. The fourth-order valence-corrected chi connectivity index (χ4v) is 2.20. The van der Waals surface area contributed by atoms with Crippen molar-refractivity contribution in [1.82, 2.24) is 4.98 Å². The van der Waals surface area contributed by atoms with Crippen LogP contribution in [0, 0.1) is 5.92 Å². The zero-order valence-corrected chi connectivity index (χ0v) is 12.0. The first-order valence-corrected chi connectivity index (χ1v) is 6.84. The zero-order chi connectivity index (χ0) is 14.7. The lowest BCUT2D eigenvalue weighted by molar-refractivity contribution is 0.0661. The Bertz CT molecular complexity index is 614. The molecule has 0 saturated carbocycles. The predicted molar refractivity (Wildman–Crippen MR) is 76.8 cm³/mol. The van der Waals surface area contributed by atoms with Crippen molar-refractivity contribution in [3.63, 3.8) is 0 Å². The molecule has 1 aromatic heterocycles. The number of hydrogen-bond donors (Lipinski definition) is 1. The standard InChI is InChI=1S/C16H19NO3/c1-4-11-7-5-6-8-12(11)15-17-13(9-10(2)3)14(20-15)16(18)19/h5-8,10H,4,9H2,1-3H3,(H,18,19). The van der Waals surface area contributed by atoms with E-state index in [2.05, 4.69) is 11.9 Å². The molecule has 0 radical (unpaired) electrons.